The van der Waals surface area contributed by atoms with Crippen LogP contribution in [0.1, 0.15) is 18.2 Å². The molecule has 1 aromatic heterocycles. The molecule has 54 valence electrons. The first-order valence-corrected chi connectivity index (χ1v) is 3.35. The van der Waals surface area contributed by atoms with Gasteiger partial charge in [-0.1, -0.05) is 6.92 Å². The largest absolute Gasteiger partial charge is 0.258 e. The van der Waals surface area contributed by atoms with Gasteiger partial charge in [0.1, 0.15) is 5.82 Å². The molecular formula is C8H10FN. The standard InChI is InChI=1S/C8H10FN/c1-3-7-4-8(9)6(2)10-5-7/h4-5H,3H2,1-2H3. The summed E-state index contributed by atoms with van der Waals surface area (Å²) in [6.07, 6.45) is 2.54. The lowest BCUT2D eigenvalue weighted by molar-refractivity contribution is 0.607. The van der Waals surface area contributed by atoms with E-state index in [2.05, 4.69) is 4.98 Å². The van der Waals surface area contributed by atoms with Gasteiger partial charge in [0.2, 0.25) is 0 Å². The van der Waals surface area contributed by atoms with E-state index < -0.39 is 0 Å². The summed E-state index contributed by atoms with van der Waals surface area (Å²) >= 11 is 0. The van der Waals surface area contributed by atoms with Crippen molar-refractivity contribution >= 4 is 0 Å². The number of hydrogen-bond acceptors (Lipinski definition) is 1. The van der Waals surface area contributed by atoms with Crippen molar-refractivity contribution in [3.8, 4) is 0 Å². The van der Waals surface area contributed by atoms with Gasteiger partial charge in [-0.2, -0.15) is 0 Å². The van der Waals surface area contributed by atoms with Crippen molar-refractivity contribution in [2.24, 2.45) is 0 Å². The Morgan fingerprint density at radius 1 is 1.60 bits per heavy atom. The van der Waals surface area contributed by atoms with Crippen LogP contribution < -0.4 is 0 Å². The van der Waals surface area contributed by atoms with Gasteiger partial charge in [-0.05, 0) is 25.0 Å². The van der Waals surface area contributed by atoms with Gasteiger partial charge in [0.15, 0.2) is 0 Å². The molecule has 0 saturated carbocycles. The molecule has 0 atom stereocenters. The molecule has 0 saturated heterocycles. The van der Waals surface area contributed by atoms with Gasteiger partial charge in [-0.3, -0.25) is 4.98 Å². The third-order valence-corrected chi connectivity index (χ3v) is 1.49. The molecule has 1 heterocycles. The lowest BCUT2D eigenvalue weighted by Gasteiger charge is -1.97. The molecule has 2 heteroatoms. The van der Waals surface area contributed by atoms with E-state index in [1.807, 2.05) is 6.92 Å². The summed E-state index contributed by atoms with van der Waals surface area (Å²) in [5.41, 5.74) is 1.42. The summed E-state index contributed by atoms with van der Waals surface area (Å²) in [5.74, 6) is -0.209. The fourth-order valence-corrected chi connectivity index (χ4v) is 0.739. The Kier molecular flexibility index (Phi) is 2.00. The van der Waals surface area contributed by atoms with E-state index in [9.17, 15) is 4.39 Å². The molecule has 0 aliphatic carbocycles. The van der Waals surface area contributed by atoms with Crippen LogP contribution in [0.25, 0.3) is 0 Å². The van der Waals surface area contributed by atoms with Crippen LogP contribution in [0, 0.1) is 12.7 Å². The van der Waals surface area contributed by atoms with Gasteiger partial charge in [-0.25, -0.2) is 4.39 Å². The Balaban J connectivity index is 3.04. The predicted octanol–water partition coefficient (Wildman–Crippen LogP) is 2.09. The Bertz CT molecular complexity index is 233. The van der Waals surface area contributed by atoms with Gasteiger partial charge < -0.3 is 0 Å². The molecule has 1 rings (SSSR count). The molecule has 0 unspecified atom stereocenters. The van der Waals surface area contributed by atoms with Crippen molar-refractivity contribution in [2.75, 3.05) is 0 Å². The SMILES string of the molecule is CCc1cnc(C)c(F)c1. The maximum atomic E-state index is 12.7. The van der Waals surface area contributed by atoms with Crippen LogP contribution in [0.4, 0.5) is 4.39 Å². The van der Waals surface area contributed by atoms with Crippen LogP contribution in [0.3, 0.4) is 0 Å². The summed E-state index contributed by atoms with van der Waals surface area (Å²) in [4.78, 5) is 3.87. The second-order valence-corrected chi connectivity index (χ2v) is 2.26. The molecule has 1 aromatic rings. The highest BCUT2D eigenvalue weighted by atomic mass is 19.1. The molecule has 10 heavy (non-hydrogen) atoms. The zero-order valence-corrected chi connectivity index (χ0v) is 6.19. The molecule has 0 aromatic carbocycles. The number of pyridine rings is 1. The summed E-state index contributed by atoms with van der Waals surface area (Å²) in [6.45, 7) is 3.64. The molecule has 0 fully saturated rings. The Hall–Kier alpha value is -0.920. The molecule has 0 radical (unpaired) electrons. The van der Waals surface area contributed by atoms with Crippen LogP contribution >= 0.6 is 0 Å². The predicted molar refractivity (Wildman–Crippen MR) is 38.3 cm³/mol. The molecular weight excluding hydrogens is 129 g/mol. The van der Waals surface area contributed by atoms with E-state index in [1.54, 1.807) is 13.1 Å². The van der Waals surface area contributed by atoms with E-state index in [0.717, 1.165) is 12.0 Å². The Morgan fingerprint density at radius 2 is 2.30 bits per heavy atom. The summed E-state index contributed by atoms with van der Waals surface area (Å²) < 4.78 is 12.7. The average molecular weight is 139 g/mol. The molecule has 0 amide bonds. The van der Waals surface area contributed by atoms with Crippen molar-refractivity contribution in [3.63, 3.8) is 0 Å². The summed E-state index contributed by atoms with van der Waals surface area (Å²) in [5, 5.41) is 0. The number of rotatable bonds is 1. The Labute approximate surface area is 59.9 Å². The highest BCUT2D eigenvalue weighted by Gasteiger charge is 1.97. The minimum atomic E-state index is -0.209. The number of aryl methyl sites for hydroxylation is 2. The summed E-state index contributed by atoms with van der Waals surface area (Å²) in [6, 6.07) is 1.53. The topological polar surface area (TPSA) is 12.9 Å². The van der Waals surface area contributed by atoms with Crippen LogP contribution in [-0.4, -0.2) is 4.98 Å². The minimum Gasteiger partial charge on any atom is -0.258 e. The van der Waals surface area contributed by atoms with Gasteiger partial charge in [0.05, 0.1) is 5.69 Å². The normalized spacial score (nSPS) is 9.90. The van der Waals surface area contributed by atoms with Crippen LogP contribution in [0.5, 0.6) is 0 Å². The van der Waals surface area contributed by atoms with Crippen LogP contribution in [0.15, 0.2) is 12.3 Å². The van der Waals surface area contributed by atoms with E-state index in [-0.39, 0.29) is 5.82 Å². The first kappa shape index (κ1) is 7.19. The third kappa shape index (κ3) is 1.32. The highest BCUT2D eigenvalue weighted by Crippen LogP contribution is 2.05. The van der Waals surface area contributed by atoms with Gasteiger partial charge in [0, 0.05) is 6.20 Å². The smallest absolute Gasteiger partial charge is 0.144 e. The highest BCUT2D eigenvalue weighted by molar-refractivity contribution is 5.14. The van der Waals surface area contributed by atoms with Gasteiger partial charge >= 0.3 is 0 Å². The zero-order chi connectivity index (χ0) is 7.56. The maximum Gasteiger partial charge on any atom is 0.144 e. The van der Waals surface area contributed by atoms with Crippen LogP contribution in [0.2, 0.25) is 0 Å². The lowest BCUT2D eigenvalue weighted by atomic mass is 10.2. The maximum absolute atomic E-state index is 12.7. The first-order valence-electron chi connectivity index (χ1n) is 3.35. The second-order valence-electron chi connectivity index (χ2n) is 2.26. The monoisotopic (exact) mass is 139 g/mol. The summed E-state index contributed by atoms with van der Waals surface area (Å²) in [7, 11) is 0. The second kappa shape index (κ2) is 2.78. The first-order chi connectivity index (χ1) is 4.74. The van der Waals surface area contributed by atoms with Crippen LogP contribution in [-0.2, 0) is 6.42 Å². The molecule has 0 bridgehead atoms. The van der Waals surface area contributed by atoms with Crippen molar-refractivity contribution < 1.29 is 4.39 Å². The van der Waals surface area contributed by atoms with Crippen molar-refractivity contribution in [1.29, 1.82) is 0 Å². The number of aromatic nitrogens is 1. The van der Waals surface area contributed by atoms with Crippen molar-refractivity contribution in [1.82, 2.24) is 4.98 Å². The molecule has 1 nitrogen and oxygen atoms in total. The molecule has 0 aliphatic rings. The number of halogens is 1. The average Bonchev–Trinajstić information content (AvgIpc) is 1.95. The lowest BCUT2D eigenvalue weighted by Crippen LogP contribution is -1.90. The molecule has 0 N–H and O–H groups in total. The number of nitrogens with zero attached hydrogens (tertiary/aromatic N) is 1. The van der Waals surface area contributed by atoms with Crippen molar-refractivity contribution in [3.05, 3.63) is 29.3 Å². The molecule has 0 aliphatic heterocycles. The third-order valence-electron chi connectivity index (χ3n) is 1.49. The van der Waals surface area contributed by atoms with E-state index >= 15 is 0 Å². The van der Waals surface area contributed by atoms with E-state index in [0.29, 0.717) is 5.69 Å². The Morgan fingerprint density at radius 3 is 2.80 bits per heavy atom. The number of hydrogen-bond donors (Lipinski definition) is 0. The van der Waals surface area contributed by atoms with E-state index in [1.165, 1.54) is 6.07 Å². The fraction of sp³-hybridized carbons (Fsp3) is 0.375. The minimum absolute atomic E-state index is 0.209. The van der Waals surface area contributed by atoms with Gasteiger partial charge in [0.25, 0.3) is 0 Å². The molecule has 0 spiro atoms. The zero-order valence-electron chi connectivity index (χ0n) is 6.19. The fourth-order valence-electron chi connectivity index (χ4n) is 0.739. The van der Waals surface area contributed by atoms with Crippen molar-refractivity contribution in [2.45, 2.75) is 20.3 Å². The van der Waals surface area contributed by atoms with Gasteiger partial charge in [-0.15, -0.1) is 0 Å². The van der Waals surface area contributed by atoms with E-state index in [4.69, 9.17) is 0 Å². The quantitative estimate of drug-likeness (QED) is 0.580.